The molecule has 0 saturated carbocycles. The zero-order chi connectivity index (χ0) is 14.0. The zero-order valence-corrected chi connectivity index (χ0v) is 11.1. The van der Waals surface area contributed by atoms with E-state index in [2.05, 4.69) is 9.98 Å². The number of nitrogens with two attached hydrogens (primary N) is 3. The number of carbonyl (C=O) groups is 1. The summed E-state index contributed by atoms with van der Waals surface area (Å²) in [6.07, 6.45) is 0. The molecule has 19 heavy (non-hydrogen) atoms. The van der Waals surface area contributed by atoms with Gasteiger partial charge in [0, 0.05) is 5.56 Å². The van der Waals surface area contributed by atoms with Crippen LogP contribution in [-0.2, 0) is 0 Å². The van der Waals surface area contributed by atoms with Crippen molar-refractivity contribution in [3.63, 3.8) is 0 Å². The molecule has 0 unspecified atom stereocenters. The zero-order valence-electron chi connectivity index (χ0n) is 10.3. The largest absolute Gasteiger partial charge is 0.370 e. The Morgan fingerprint density at radius 2 is 1.84 bits per heavy atom. The summed E-state index contributed by atoms with van der Waals surface area (Å²) in [5.41, 5.74) is 18.1. The SMILES string of the molecule is Cc1nc(N=C(N)N)sc1-c1ccc(C(N)=O)cc1. The lowest BCUT2D eigenvalue weighted by Gasteiger charge is -1.99. The number of nitrogens with zero attached hydrogens (tertiary/aromatic N) is 2. The first-order valence-electron chi connectivity index (χ1n) is 5.44. The first-order valence-corrected chi connectivity index (χ1v) is 6.26. The second-order valence-corrected chi connectivity index (χ2v) is 4.87. The highest BCUT2D eigenvalue weighted by Crippen LogP contribution is 2.34. The van der Waals surface area contributed by atoms with E-state index in [4.69, 9.17) is 17.2 Å². The predicted molar refractivity (Wildman–Crippen MR) is 76.3 cm³/mol. The van der Waals surface area contributed by atoms with Crippen LogP contribution in [0.25, 0.3) is 10.4 Å². The fraction of sp³-hybridized carbons (Fsp3) is 0.0833. The van der Waals surface area contributed by atoms with Gasteiger partial charge in [0.25, 0.3) is 0 Å². The molecule has 6 N–H and O–H groups in total. The Bertz CT molecular complexity index is 641. The summed E-state index contributed by atoms with van der Waals surface area (Å²) in [5.74, 6) is -0.474. The first-order chi connectivity index (χ1) is 8.97. The maximum atomic E-state index is 11.0. The highest BCUT2D eigenvalue weighted by Gasteiger charge is 2.10. The van der Waals surface area contributed by atoms with Crippen molar-refractivity contribution in [1.29, 1.82) is 0 Å². The molecular formula is C12H13N5OS. The van der Waals surface area contributed by atoms with E-state index >= 15 is 0 Å². The van der Waals surface area contributed by atoms with Crippen LogP contribution in [0.5, 0.6) is 0 Å². The van der Waals surface area contributed by atoms with Crippen LogP contribution in [0.2, 0.25) is 0 Å². The third-order valence-corrected chi connectivity index (χ3v) is 3.54. The van der Waals surface area contributed by atoms with E-state index in [0.29, 0.717) is 10.7 Å². The fourth-order valence-electron chi connectivity index (χ4n) is 1.59. The molecule has 0 spiro atoms. The molecule has 0 saturated heterocycles. The van der Waals surface area contributed by atoms with Crippen LogP contribution in [0.15, 0.2) is 29.3 Å². The molecule has 2 aromatic rings. The summed E-state index contributed by atoms with van der Waals surface area (Å²) < 4.78 is 0. The third kappa shape index (κ3) is 2.89. The summed E-state index contributed by atoms with van der Waals surface area (Å²) in [6, 6.07) is 6.99. The summed E-state index contributed by atoms with van der Waals surface area (Å²) in [7, 11) is 0. The van der Waals surface area contributed by atoms with Gasteiger partial charge in [-0.25, -0.2) is 4.98 Å². The lowest BCUT2D eigenvalue weighted by Crippen LogP contribution is -2.21. The molecular weight excluding hydrogens is 262 g/mol. The average Bonchev–Trinajstić information content (AvgIpc) is 2.69. The van der Waals surface area contributed by atoms with Crippen LogP contribution in [0.1, 0.15) is 16.1 Å². The number of aromatic nitrogens is 1. The highest BCUT2D eigenvalue weighted by atomic mass is 32.1. The van der Waals surface area contributed by atoms with Crippen molar-refractivity contribution in [2.75, 3.05) is 0 Å². The number of benzene rings is 1. The Hall–Kier alpha value is -2.41. The number of primary amides is 1. The number of rotatable bonds is 3. The maximum absolute atomic E-state index is 11.0. The number of aryl methyl sites for hydroxylation is 1. The first kappa shape index (κ1) is 13.0. The van der Waals surface area contributed by atoms with Gasteiger partial charge in [-0.15, -0.1) is 0 Å². The minimum atomic E-state index is -0.450. The van der Waals surface area contributed by atoms with Gasteiger partial charge in [0.15, 0.2) is 5.96 Å². The van der Waals surface area contributed by atoms with Crippen LogP contribution in [-0.4, -0.2) is 16.9 Å². The van der Waals surface area contributed by atoms with Gasteiger partial charge < -0.3 is 17.2 Å². The molecule has 0 bridgehead atoms. The van der Waals surface area contributed by atoms with E-state index < -0.39 is 5.91 Å². The van der Waals surface area contributed by atoms with E-state index in [0.717, 1.165) is 16.1 Å². The minimum Gasteiger partial charge on any atom is -0.370 e. The van der Waals surface area contributed by atoms with E-state index in [1.54, 1.807) is 12.1 Å². The van der Waals surface area contributed by atoms with Crippen molar-refractivity contribution in [2.45, 2.75) is 6.92 Å². The van der Waals surface area contributed by atoms with Crippen molar-refractivity contribution >= 4 is 28.3 Å². The number of guanidine groups is 1. The Balaban J connectivity index is 2.39. The van der Waals surface area contributed by atoms with Gasteiger partial charge >= 0.3 is 0 Å². The minimum absolute atomic E-state index is 0.0237. The molecule has 1 heterocycles. The summed E-state index contributed by atoms with van der Waals surface area (Å²) in [5, 5.41) is 0.506. The van der Waals surface area contributed by atoms with E-state index in [-0.39, 0.29) is 5.96 Å². The molecule has 0 atom stereocenters. The van der Waals surface area contributed by atoms with Gasteiger partial charge in [0.1, 0.15) is 0 Å². The van der Waals surface area contributed by atoms with E-state index in [9.17, 15) is 4.79 Å². The van der Waals surface area contributed by atoms with E-state index in [1.807, 2.05) is 19.1 Å². The molecule has 2 rings (SSSR count). The number of aliphatic imine (C=N–C) groups is 1. The molecule has 0 aliphatic heterocycles. The monoisotopic (exact) mass is 275 g/mol. The summed E-state index contributed by atoms with van der Waals surface area (Å²) in [6.45, 7) is 1.87. The molecule has 1 aromatic heterocycles. The molecule has 1 aromatic carbocycles. The van der Waals surface area contributed by atoms with Crippen molar-refractivity contribution < 1.29 is 4.79 Å². The quantitative estimate of drug-likeness (QED) is 0.574. The van der Waals surface area contributed by atoms with Crippen LogP contribution in [0, 0.1) is 6.92 Å². The van der Waals surface area contributed by atoms with Crippen molar-refractivity contribution in [3.05, 3.63) is 35.5 Å². The fourth-order valence-corrected chi connectivity index (χ4v) is 2.56. The second kappa shape index (κ2) is 5.07. The summed E-state index contributed by atoms with van der Waals surface area (Å²) in [4.78, 5) is 20.1. The molecule has 6 nitrogen and oxygen atoms in total. The van der Waals surface area contributed by atoms with E-state index in [1.165, 1.54) is 11.3 Å². The highest BCUT2D eigenvalue weighted by molar-refractivity contribution is 7.18. The second-order valence-electron chi connectivity index (χ2n) is 3.89. The lowest BCUT2D eigenvalue weighted by atomic mass is 10.1. The van der Waals surface area contributed by atoms with Crippen molar-refractivity contribution in [1.82, 2.24) is 4.98 Å². The van der Waals surface area contributed by atoms with Crippen LogP contribution < -0.4 is 17.2 Å². The smallest absolute Gasteiger partial charge is 0.248 e. The summed E-state index contributed by atoms with van der Waals surface area (Å²) >= 11 is 1.38. The number of hydrogen-bond donors (Lipinski definition) is 3. The Morgan fingerprint density at radius 1 is 1.21 bits per heavy atom. The molecule has 0 aliphatic carbocycles. The van der Waals surface area contributed by atoms with Gasteiger partial charge in [0.2, 0.25) is 11.0 Å². The van der Waals surface area contributed by atoms with Gasteiger partial charge in [0.05, 0.1) is 10.6 Å². The van der Waals surface area contributed by atoms with Gasteiger partial charge in [-0.1, -0.05) is 23.5 Å². The topological polar surface area (TPSA) is 120 Å². The van der Waals surface area contributed by atoms with Gasteiger partial charge in [-0.05, 0) is 24.6 Å². The van der Waals surface area contributed by atoms with Crippen LogP contribution in [0.3, 0.4) is 0 Å². The van der Waals surface area contributed by atoms with Crippen LogP contribution in [0.4, 0.5) is 5.13 Å². The number of hydrogen-bond acceptors (Lipinski definition) is 4. The van der Waals surface area contributed by atoms with Crippen molar-refractivity contribution in [3.8, 4) is 10.4 Å². The predicted octanol–water partition coefficient (Wildman–Crippen LogP) is 1.12. The van der Waals surface area contributed by atoms with Crippen molar-refractivity contribution in [2.24, 2.45) is 22.2 Å². The number of thiazole rings is 1. The number of amides is 1. The normalized spacial score (nSPS) is 10.2. The Kier molecular flexibility index (Phi) is 3.48. The molecule has 0 aliphatic rings. The molecule has 0 radical (unpaired) electrons. The average molecular weight is 275 g/mol. The number of carbonyl (C=O) groups excluding carboxylic acids is 1. The van der Waals surface area contributed by atoms with Crippen LogP contribution >= 0.6 is 11.3 Å². The molecule has 98 valence electrons. The standard InChI is InChI=1S/C12H13N5OS/c1-6-9(19-12(16-6)17-11(14)15)7-2-4-8(5-3-7)10(13)18/h2-5H,1H3,(H2,13,18)(H4,14,15,16,17). The Morgan fingerprint density at radius 3 is 2.37 bits per heavy atom. The van der Waals surface area contributed by atoms with Gasteiger partial charge in [-0.3, -0.25) is 4.79 Å². The Labute approximate surface area is 114 Å². The molecule has 7 heteroatoms. The molecule has 0 fully saturated rings. The maximum Gasteiger partial charge on any atom is 0.248 e. The third-order valence-electron chi connectivity index (χ3n) is 2.44. The lowest BCUT2D eigenvalue weighted by molar-refractivity contribution is 0.100. The molecule has 1 amide bonds. The van der Waals surface area contributed by atoms with Gasteiger partial charge in [-0.2, -0.15) is 4.99 Å².